The number of rotatable bonds is 4. The third-order valence-corrected chi connectivity index (χ3v) is 4.81. The highest BCUT2D eigenvalue weighted by molar-refractivity contribution is 7.93. The van der Waals surface area contributed by atoms with Gasteiger partial charge >= 0.3 is 5.97 Å². The summed E-state index contributed by atoms with van der Waals surface area (Å²) in [5.74, 6) is -1.17. The van der Waals surface area contributed by atoms with Crippen molar-refractivity contribution in [3.63, 3.8) is 0 Å². The van der Waals surface area contributed by atoms with Crippen LogP contribution in [0.5, 0.6) is 0 Å². The normalized spacial score (nSPS) is 14.9. The number of hydrogen-bond donors (Lipinski definition) is 1. The van der Waals surface area contributed by atoms with E-state index in [1.165, 1.54) is 19.1 Å². The van der Waals surface area contributed by atoms with Gasteiger partial charge in [-0.05, 0) is 32.4 Å². The van der Waals surface area contributed by atoms with E-state index in [1.54, 1.807) is 19.1 Å². The van der Waals surface area contributed by atoms with Gasteiger partial charge in [0.25, 0.3) is 4.93 Å². The molecule has 0 aliphatic carbocycles. The van der Waals surface area contributed by atoms with Gasteiger partial charge in [0.2, 0.25) is 9.84 Å². The fourth-order valence-corrected chi connectivity index (χ4v) is 2.90. The van der Waals surface area contributed by atoms with Crippen LogP contribution in [0.15, 0.2) is 29.2 Å². The van der Waals surface area contributed by atoms with Crippen LogP contribution in [-0.2, 0) is 19.4 Å². The molecule has 0 spiro atoms. The Bertz CT molecular complexity index is 545. The van der Waals surface area contributed by atoms with E-state index in [0.29, 0.717) is 5.56 Å². The van der Waals surface area contributed by atoms with Crippen molar-refractivity contribution in [1.29, 1.82) is 0 Å². The third-order valence-electron chi connectivity index (χ3n) is 2.56. The number of benzene rings is 1. The Hall–Kier alpha value is -1.40. The predicted octanol–water partition coefficient (Wildman–Crippen LogP) is 1.04. The van der Waals surface area contributed by atoms with Crippen LogP contribution >= 0.6 is 0 Å². The van der Waals surface area contributed by atoms with Crippen molar-refractivity contribution in [2.24, 2.45) is 0 Å². The first kappa shape index (κ1) is 14.7. The van der Waals surface area contributed by atoms with Crippen molar-refractivity contribution in [2.75, 3.05) is 6.61 Å². The van der Waals surface area contributed by atoms with Crippen molar-refractivity contribution in [1.82, 2.24) is 0 Å². The summed E-state index contributed by atoms with van der Waals surface area (Å²) >= 11 is 0. The van der Waals surface area contributed by atoms with Crippen LogP contribution in [-0.4, -0.2) is 31.0 Å². The second-order valence-electron chi connectivity index (χ2n) is 3.97. The molecule has 0 saturated heterocycles. The Balaban J connectivity index is 3.31. The van der Waals surface area contributed by atoms with Crippen molar-refractivity contribution in [3.8, 4) is 0 Å². The zero-order valence-electron chi connectivity index (χ0n) is 10.5. The van der Waals surface area contributed by atoms with Gasteiger partial charge in [0.15, 0.2) is 0 Å². The van der Waals surface area contributed by atoms with E-state index in [4.69, 9.17) is 0 Å². The zero-order valence-corrected chi connectivity index (χ0v) is 11.3. The Labute approximate surface area is 106 Å². The van der Waals surface area contributed by atoms with Crippen LogP contribution in [0.4, 0.5) is 0 Å². The van der Waals surface area contributed by atoms with Gasteiger partial charge in [-0.25, -0.2) is 13.2 Å². The SMILES string of the molecule is CCOC(=O)[C@@](C)(O)S(=O)(=O)c1ccccc1C. The first-order chi connectivity index (χ1) is 8.25. The summed E-state index contributed by atoms with van der Waals surface area (Å²) in [5, 5.41) is 9.96. The van der Waals surface area contributed by atoms with E-state index in [0.717, 1.165) is 6.92 Å². The molecular formula is C12H16O5S. The fourth-order valence-electron chi connectivity index (χ4n) is 1.45. The number of carbonyl (C=O) groups is 1. The molecule has 0 heterocycles. The van der Waals surface area contributed by atoms with Gasteiger partial charge in [-0.3, -0.25) is 0 Å². The second-order valence-corrected chi connectivity index (χ2v) is 6.21. The van der Waals surface area contributed by atoms with Crippen LogP contribution < -0.4 is 0 Å². The maximum atomic E-state index is 12.2. The Kier molecular flexibility index (Phi) is 4.13. The number of carbonyl (C=O) groups excluding carboxylic acids is 1. The van der Waals surface area contributed by atoms with Gasteiger partial charge in [0.05, 0.1) is 11.5 Å². The first-order valence-electron chi connectivity index (χ1n) is 5.45. The van der Waals surface area contributed by atoms with E-state index in [2.05, 4.69) is 4.74 Å². The minimum atomic E-state index is -4.21. The molecule has 1 aromatic carbocycles. The van der Waals surface area contributed by atoms with E-state index >= 15 is 0 Å². The predicted molar refractivity (Wildman–Crippen MR) is 65.6 cm³/mol. The van der Waals surface area contributed by atoms with Crippen molar-refractivity contribution < 1.29 is 23.1 Å². The van der Waals surface area contributed by atoms with Crippen LogP contribution in [0, 0.1) is 6.92 Å². The average Bonchev–Trinajstić information content (AvgIpc) is 2.29. The quantitative estimate of drug-likeness (QED) is 0.828. The highest BCUT2D eigenvalue weighted by Gasteiger charge is 2.47. The smallest absolute Gasteiger partial charge is 0.354 e. The molecule has 5 nitrogen and oxygen atoms in total. The minimum absolute atomic E-state index is 0.00171. The van der Waals surface area contributed by atoms with Crippen LogP contribution in [0.3, 0.4) is 0 Å². The molecule has 0 aromatic heterocycles. The molecule has 0 radical (unpaired) electrons. The van der Waals surface area contributed by atoms with Crippen molar-refractivity contribution in [2.45, 2.75) is 30.6 Å². The minimum Gasteiger partial charge on any atom is -0.463 e. The van der Waals surface area contributed by atoms with Gasteiger partial charge in [0.1, 0.15) is 0 Å². The van der Waals surface area contributed by atoms with Crippen LogP contribution in [0.1, 0.15) is 19.4 Å². The third kappa shape index (κ3) is 2.39. The number of aliphatic hydroxyl groups is 1. The van der Waals surface area contributed by atoms with Crippen molar-refractivity contribution in [3.05, 3.63) is 29.8 Å². The molecule has 0 unspecified atom stereocenters. The van der Waals surface area contributed by atoms with Crippen molar-refractivity contribution >= 4 is 15.8 Å². The molecule has 1 atom stereocenters. The molecule has 0 saturated carbocycles. The number of ether oxygens (including phenoxy) is 1. The van der Waals surface area contributed by atoms with E-state index in [-0.39, 0.29) is 11.5 Å². The molecule has 0 amide bonds. The summed E-state index contributed by atoms with van der Waals surface area (Å²) in [6, 6.07) is 6.14. The largest absolute Gasteiger partial charge is 0.463 e. The van der Waals surface area contributed by atoms with Gasteiger partial charge in [-0.15, -0.1) is 0 Å². The molecule has 100 valence electrons. The standard InChI is InChI=1S/C12H16O5S/c1-4-17-11(13)12(3,14)18(15,16)10-8-6-5-7-9(10)2/h5-8,14H,4H2,1-3H3/t12-/m0/s1. The van der Waals surface area contributed by atoms with E-state index < -0.39 is 20.7 Å². The summed E-state index contributed by atoms with van der Waals surface area (Å²) in [4.78, 5) is 8.88. The lowest BCUT2D eigenvalue weighted by Crippen LogP contribution is -2.45. The van der Waals surface area contributed by atoms with Gasteiger partial charge in [0, 0.05) is 0 Å². The Morgan fingerprint density at radius 2 is 1.94 bits per heavy atom. The molecule has 0 aliphatic heterocycles. The monoisotopic (exact) mass is 272 g/mol. The second kappa shape index (κ2) is 5.07. The lowest BCUT2D eigenvalue weighted by molar-refractivity contribution is -0.155. The number of hydrogen-bond acceptors (Lipinski definition) is 5. The van der Waals surface area contributed by atoms with Gasteiger partial charge < -0.3 is 9.84 Å². The molecule has 6 heteroatoms. The molecule has 18 heavy (non-hydrogen) atoms. The first-order valence-corrected chi connectivity index (χ1v) is 6.93. The van der Waals surface area contributed by atoms with Crippen LogP contribution in [0.25, 0.3) is 0 Å². The van der Waals surface area contributed by atoms with E-state index in [1.807, 2.05) is 0 Å². The van der Waals surface area contributed by atoms with Gasteiger partial charge in [-0.1, -0.05) is 18.2 Å². The topological polar surface area (TPSA) is 80.7 Å². The summed E-state index contributed by atoms with van der Waals surface area (Å²) in [5.41, 5.74) is 0.460. The van der Waals surface area contributed by atoms with Crippen LogP contribution in [0.2, 0.25) is 0 Å². The van der Waals surface area contributed by atoms with E-state index in [9.17, 15) is 18.3 Å². The summed E-state index contributed by atoms with van der Waals surface area (Å²) < 4.78 is 29.1. The lowest BCUT2D eigenvalue weighted by Gasteiger charge is -2.22. The van der Waals surface area contributed by atoms with Gasteiger partial charge in [-0.2, -0.15) is 0 Å². The highest BCUT2D eigenvalue weighted by atomic mass is 32.2. The number of sulfone groups is 1. The molecule has 1 rings (SSSR count). The molecule has 0 aliphatic rings. The molecule has 1 N–H and O–H groups in total. The maximum Gasteiger partial charge on any atom is 0.354 e. The fraction of sp³-hybridized carbons (Fsp3) is 0.417. The summed E-state index contributed by atoms with van der Waals surface area (Å²) in [7, 11) is -4.21. The molecule has 1 aromatic rings. The lowest BCUT2D eigenvalue weighted by atomic mass is 10.2. The summed E-state index contributed by atoms with van der Waals surface area (Å²) in [6.07, 6.45) is 0. The zero-order chi connectivity index (χ0) is 14.0. The molecular weight excluding hydrogens is 256 g/mol. The Morgan fingerprint density at radius 3 is 2.44 bits per heavy atom. The summed E-state index contributed by atoms with van der Waals surface area (Å²) in [6.45, 7) is 4.05. The average molecular weight is 272 g/mol. The molecule has 0 fully saturated rings. The number of aryl methyl sites for hydroxylation is 1. The molecule has 0 bridgehead atoms. The maximum absolute atomic E-state index is 12.2. The Morgan fingerprint density at radius 1 is 1.39 bits per heavy atom. The number of esters is 1. The highest BCUT2D eigenvalue weighted by Crippen LogP contribution is 2.27.